The van der Waals surface area contributed by atoms with Gasteiger partial charge in [0, 0.05) is 32.1 Å². The van der Waals surface area contributed by atoms with E-state index in [2.05, 4.69) is 37.9 Å². The predicted molar refractivity (Wildman–Crippen MR) is 133 cm³/mol. The highest BCUT2D eigenvalue weighted by atomic mass is 19.4. The van der Waals surface area contributed by atoms with Crippen molar-refractivity contribution in [2.75, 3.05) is 26.2 Å². The summed E-state index contributed by atoms with van der Waals surface area (Å²) in [5.74, 6) is 1.12. The average molecular weight is 497 g/mol. The molecule has 8 atom stereocenters. The molecule has 4 aliphatic rings. The van der Waals surface area contributed by atoms with E-state index in [9.17, 15) is 23.4 Å². The monoisotopic (exact) mass is 496 g/mol. The minimum atomic E-state index is -4.20. The van der Waals surface area contributed by atoms with Crippen LogP contribution in [0.15, 0.2) is 35.5 Å². The molecule has 0 amide bonds. The lowest BCUT2D eigenvalue weighted by molar-refractivity contribution is -0.165. The summed E-state index contributed by atoms with van der Waals surface area (Å²) in [6.45, 7) is 12.4. The first-order chi connectivity index (χ1) is 16.4. The van der Waals surface area contributed by atoms with Gasteiger partial charge in [0.2, 0.25) is 0 Å². The van der Waals surface area contributed by atoms with E-state index >= 15 is 0 Å². The molecular weight excluding hydrogens is 453 g/mol. The van der Waals surface area contributed by atoms with Crippen LogP contribution in [0, 0.1) is 29.1 Å². The van der Waals surface area contributed by atoms with Gasteiger partial charge in [-0.2, -0.15) is 13.2 Å². The normalized spacial score (nSPS) is 42.5. The molecule has 198 valence electrons. The molecule has 0 aromatic rings. The SMILES string of the molecule is C=C1/C(=C\C=C2/CCC[C@]3(C)[C@@H]([C@H](C)CN4CCNC(C(F)(F)F)C4)CC[C@@H]23)C[C@@H](O)[C@H](C)[C@@H]1O. The standard InChI is InChI=1S/C28H43F3N2O2/c1-17(15-33-13-12-32-25(16-33)28(29,30)31)22-9-10-23-20(6-5-11-27(22,23)4)7-8-21-14-24(34)19(3)26(35)18(21)2/h7-8,17,19,22-26,32,34-35H,2,5-6,9-16H2,1,3-4H3/b20-7+,21-8-/t17-,19+,22-,23+,24-,25?,26-,27-/m1/s1. The highest BCUT2D eigenvalue weighted by molar-refractivity contribution is 5.39. The van der Waals surface area contributed by atoms with Crippen molar-refractivity contribution in [3.8, 4) is 0 Å². The minimum Gasteiger partial charge on any atom is -0.392 e. The molecule has 0 bridgehead atoms. The van der Waals surface area contributed by atoms with E-state index in [1.54, 1.807) is 0 Å². The van der Waals surface area contributed by atoms with E-state index in [1.165, 1.54) is 5.57 Å². The molecule has 3 N–H and O–H groups in total. The second kappa shape index (κ2) is 10.3. The smallest absolute Gasteiger partial charge is 0.392 e. The summed E-state index contributed by atoms with van der Waals surface area (Å²) in [5, 5.41) is 23.4. The Morgan fingerprint density at radius 3 is 2.71 bits per heavy atom. The third-order valence-electron chi connectivity index (χ3n) is 9.73. The quantitative estimate of drug-likeness (QED) is 0.521. The molecule has 0 aromatic heterocycles. The molecule has 0 radical (unpaired) electrons. The van der Waals surface area contributed by atoms with Crippen LogP contribution in [0.25, 0.3) is 0 Å². The van der Waals surface area contributed by atoms with Crippen LogP contribution in [0.1, 0.15) is 59.3 Å². The number of nitrogens with zero attached hydrogens (tertiary/aromatic N) is 1. The lowest BCUT2D eigenvalue weighted by Crippen LogP contribution is -2.57. The predicted octanol–water partition coefficient (Wildman–Crippen LogP) is 4.85. The highest BCUT2D eigenvalue weighted by Crippen LogP contribution is 2.59. The van der Waals surface area contributed by atoms with Crippen molar-refractivity contribution in [1.82, 2.24) is 10.2 Å². The zero-order valence-electron chi connectivity index (χ0n) is 21.4. The Balaban J connectivity index is 1.45. The zero-order chi connectivity index (χ0) is 25.5. The fourth-order valence-corrected chi connectivity index (χ4v) is 7.59. The third-order valence-corrected chi connectivity index (χ3v) is 9.73. The van der Waals surface area contributed by atoms with Crippen LogP contribution in [0.3, 0.4) is 0 Å². The second-order valence-corrected chi connectivity index (χ2v) is 11.9. The first-order valence-corrected chi connectivity index (χ1v) is 13.4. The van der Waals surface area contributed by atoms with Gasteiger partial charge in [-0.05, 0) is 72.8 Å². The second-order valence-electron chi connectivity index (χ2n) is 11.9. The Kier molecular flexibility index (Phi) is 7.92. The number of hydrogen-bond donors (Lipinski definition) is 3. The van der Waals surface area contributed by atoms with Crippen LogP contribution < -0.4 is 5.32 Å². The Morgan fingerprint density at radius 2 is 2.00 bits per heavy atom. The maximum absolute atomic E-state index is 13.2. The van der Waals surface area contributed by atoms with Gasteiger partial charge in [-0.25, -0.2) is 0 Å². The molecule has 1 aliphatic heterocycles. The van der Waals surface area contributed by atoms with Gasteiger partial charge in [0.05, 0.1) is 12.2 Å². The molecule has 3 saturated carbocycles. The molecular formula is C28H43F3N2O2. The number of fused-ring (bicyclic) bond motifs is 1. The fourth-order valence-electron chi connectivity index (χ4n) is 7.59. The lowest BCUT2D eigenvalue weighted by atomic mass is 9.61. The van der Waals surface area contributed by atoms with Crippen LogP contribution in [-0.4, -0.2) is 65.7 Å². The van der Waals surface area contributed by atoms with Crippen LogP contribution in [0.5, 0.6) is 0 Å². The number of alkyl halides is 3. The molecule has 1 heterocycles. The summed E-state index contributed by atoms with van der Waals surface area (Å²) in [5.41, 5.74) is 3.25. The van der Waals surface area contributed by atoms with Crippen molar-refractivity contribution in [2.45, 2.75) is 83.7 Å². The molecule has 4 rings (SSSR count). The van der Waals surface area contributed by atoms with Gasteiger partial charge in [-0.3, -0.25) is 4.90 Å². The van der Waals surface area contributed by atoms with Crippen LogP contribution in [0.4, 0.5) is 13.2 Å². The van der Waals surface area contributed by atoms with Gasteiger partial charge in [0.1, 0.15) is 6.04 Å². The number of allylic oxidation sites excluding steroid dienone is 3. The summed E-state index contributed by atoms with van der Waals surface area (Å²) in [4.78, 5) is 2.01. The largest absolute Gasteiger partial charge is 0.405 e. The van der Waals surface area contributed by atoms with Crippen LogP contribution in [0.2, 0.25) is 0 Å². The number of hydrogen-bond acceptors (Lipinski definition) is 4. The number of halogens is 3. The summed E-state index contributed by atoms with van der Waals surface area (Å²) in [7, 11) is 0. The summed E-state index contributed by atoms with van der Waals surface area (Å²) in [6.07, 6.45) is 4.92. The Morgan fingerprint density at radius 1 is 1.26 bits per heavy atom. The van der Waals surface area contributed by atoms with Gasteiger partial charge in [-0.1, -0.05) is 45.1 Å². The third kappa shape index (κ3) is 5.43. The van der Waals surface area contributed by atoms with E-state index in [4.69, 9.17) is 0 Å². The van der Waals surface area contributed by atoms with Crippen molar-refractivity contribution in [3.05, 3.63) is 35.5 Å². The molecule has 1 unspecified atom stereocenters. The number of nitrogens with one attached hydrogen (secondary N) is 1. The van der Waals surface area contributed by atoms with Crippen LogP contribution >= 0.6 is 0 Å². The number of piperazine rings is 1. The maximum atomic E-state index is 13.2. The Bertz CT molecular complexity index is 854. The average Bonchev–Trinajstić information content (AvgIpc) is 3.16. The molecule has 1 saturated heterocycles. The molecule has 0 aromatic carbocycles. The molecule has 35 heavy (non-hydrogen) atoms. The summed E-state index contributed by atoms with van der Waals surface area (Å²) >= 11 is 0. The highest BCUT2D eigenvalue weighted by Gasteiger charge is 2.51. The van der Waals surface area contributed by atoms with E-state index in [0.717, 1.165) is 44.2 Å². The number of aliphatic hydroxyl groups is 2. The first kappa shape index (κ1) is 26.9. The van der Waals surface area contributed by atoms with E-state index < -0.39 is 24.4 Å². The van der Waals surface area contributed by atoms with Crippen molar-refractivity contribution in [3.63, 3.8) is 0 Å². The number of aliphatic hydroxyl groups excluding tert-OH is 2. The van der Waals surface area contributed by atoms with Gasteiger partial charge in [0.15, 0.2) is 0 Å². The molecule has 0 spiro atoms. The summed E-state index contributed by atoms with van der Waals surface area (Å²) < 4.78 is 39.7. The van der Waals surface area contributed by atoms with Crippen molar-refractivity contribution in [2.24, 2.45) is 29.1 Å². The Hall–Kier alpha value is -1.15. The van der Waals surface area contributed by atoms with Gasteiger partial charge in [-0.15, -0.1) is 0 Å². The molecule has 3 aliphatic carbocycles. The van der Waals surface area contributed by atoms with Gasteiger partial charge < -0.3 is 15.5 Å². The van der Waals surface area contributed by atoms with Crippen molar-refractivity contribution in [1.29, 1.82) is 0 Å². The minimum absolute atomic E-state index is 0.0413. The van der Waals surface area contributed by atoms with Crippen LogP contribution in [-0.2, 0) is 0 Å². The topological polar surface area (TPSA) is 55.7 Å². The van der Waals surface area contributed by atoms with Crippen molar-refractivity contribution < 1.29 is 23.4 Å². The fraction of sp³-hybridized carbons (Fsp3) is 0.786. The van der Waals surface area contributed by atoms with E-state index in [1.807, 2.05) is 11.8 Å². The Labute approximate surface area is 208 Å². The summed E-state index contributed by atoms with van der Waals surface area (Å²) in [6, 6.07) is -1.43. The van der Waals surface area contributed by atoms with E-state index in [0.29, 0.717) is 42.8 Å². The van der Waals surface area contributed by atoms with Crippen molar-refractivity contribution >= 4 is 0 Å². The molecule has 7 heteroatoms. The van der Waals surface area contributed by atoms with Gasteiger partial charge >= 0.3 is 6.18 Å². The molecule has 4 fully saturated rings. The number of rotatable bonds is 4. The zero-order valence-corrected chi connectivity index (χ0v) is 21.4. The lowest BCUT2D eigenvalue weighted by Gasteiger charge is -2.45. The molecule has 4 nitrogen and oxygen atoms in total. The van der Waals surface area contributed by atoms with E-state index in [-0.39, 0.29) is 17.9 Å². The van der Waals surface area contributed by atoms with Gasteiger partial charge in [0.25, 0.3) is 0 Å². The maximum Gasteiger partial charge on any atom is 0.405 e. The first-order valence-electron chi connectivity index (χ1n) is 13.4.